The number of rotatable bonds is 5. The summed E-state index contributed by atoms with van der Waals surface area (Å²) < 4.78 is 5.47. The van der Waals surface area contributed by atoms with Crippen LogP contribution in [0.25, 0.3) is 21.8 Å². The monoisotopic (exact) mass is 361 g/mol. The molecule has 4 aromatic rings. The van der Waals surface area contributed by atoms with Crippen LogP contribution < -0.4 is 5.56 Å². The molecule has 1 atom stereocenters. The van der Waals surface area contributed by atoms with E-state index < -0.39 is 6.10 Å². The molecule has 2 N–H and O–H groups in total. The number of para-hydroxylation sites is 2. The minimum absolute atomic E-state index is 0.239. The summed E-state index contributed by atoms with van der Waals surface area (Å²) in [5.41, 5.74) is 2.47. The van der Waals surface area contributed by atoms with Crippen molar-refractivity contribution in [3.05, 3.63) is 76.5 Å². The Morgan fingerprint density at radius 2 is 1.85 bits per heavy atom. The Morgan fingerprint density at radius 3 is 2.70 bits per heavy atom. The number of hydrogen-bond donors (Lipinski definition) is 2. The van der Waals surface area contributed by atoms with Crippen LogP contribution in [0.4, 0.5) is 0 Å². The van der Waals surface area contributed by atoms with Gasteiger partial charge in [0.05, 0.1) is 10.9 Å². The topological polar surface area (TPSA) is 87.8 Å². The van der Waals surface area contributed by atoms with E-state index in [1.165, 1.54) is 0 Å². The molecule has 0 amide bonds. The number of aryl methyl sites for hydroxylation is 1. The Morgan fingerprint density at radius 1 is 1.11 bits per heavy atom. The summed E-state index contributed by atoms with van der Waals surface area (Å²) in [6, 6.07) is 15.0. The molecular weight excluding hydrogens is 342 g/mol. The lowest BCUT2D eigenvalue weighted by molar-refractivity contribution is -0.148. The molecule has 0 spiro atoms. The highest BCUT2D eigenvalue weighted by atomic mass is 16.5. The summed E-state index contributed by atoms with van der Waals surface area (Å²) in [4.78, 5) is 34.7. The molecule has 4 rings (SSSR count). The molecule has 27 heavy (non-hydrogen) atoms. The van der Waals surface area contributed by atoms with Crippen LogP contribution in [0.1, 0.15) is 30.8 Å². The van der Waals surface area contributed by atoms with Crippen LogP contribution >= 0.6 is 0 Å². The zero-order valence-electron chi connectivity index (χ0n) is 14.9. The van der Waals surface area contributed by atoms with E-state index in [1.807, 2.05) is 36.5 Å². The molecule has 0 aliphatic rings. The number of carbonyl (C=O) groups excluding carboxylic acids is 1. The van der Waals surface area contributed by atoms with Crippen LogP contribution in [0.3, 0.4) is 0 Å². The summed E-state index contributed by atoms with van der Waals surface area (Å²) in [5, 5.41) is 1.62. The number of benzene rings is 2. The molecule has 136 valence electrons. The van der Waals surface area contributed by atoms with E-state index in [9.17, 15) is 9.59 Å². The van der Waals surface area contributed by atoms with E-state index in [-0.39, 0.29) is 17.9 Å². The average molecular weight is 361 g/mol. The normalized spacial score (nSPS) is 12.3. The van der Waals surface area contributed by atoms with E-state index in [4.69, 9.17) is 4.74 Å². The van der Waals surface area contributed by atoms with Gasteiger partial charge < -0.3 is 14.7 Å². The maximum absolute atomic E-state index is 12.3. The number of aromatic nitrogens is 3. The predicted octanol–water partition coefficient (Wildman–Crippen LogP) is 3.64. The van der Waals surface area contributed by atoms with Gasteiger partial charge in [0, 0.05) is 23.5 Å². The van der Waals surface area contributed by atoms with Gasteiger partial charge in [-0.1, -0.05) is 30.3 Å². The van der Waals surface area contributed by atoms with Gasteiger partial charge in [-0.25, -0.2) is 4.98 Å². The van der Waals surface area contributed by atoms with Crippen molar-refractivity contribution in [1.82, 2.24) is 15.0 Å². The lowest BCUT2D eigenvalue weighted by Crippen LogP contribution is -2.17. The van der Waals surface area contributed by atoms with E-state index in [2.05, 4.69) is 15.0 Å². The van der Waals surface area contributed by atoms with Crippen LogP contribution in [0, 0.1) is 0 Å². The minimum Gasteiger partial charge on any atom is -0.454 e. The van der Waals surface area contributed by atoms with Crippen molar-refractivity contribution in [2.45, 2.75) is 25.9 Å². The first kappa shape index (κ1) is 17.0. The largest absolute Gasteiger partial charge is 0.454 e. The highest BCUT2D eigenvalue weighted by Crippen LogP contribution is 2.20. The molecule has 0 bridgehead atoms. The molecule has 0 aliphatic carbocycles. The van der Waals surface area contributed by atoms with Crippen LogP contribution in [0.15, 0.2) is 59.5 Å². The molecule has 0 radical (unpaired) electrons. The highest BCUT2D eigenvalue weighted by molar-refractivity contribution is 5.83. The Kier molecular flexibility index (Phi) is 4.46. The van der Waals surface area contributed by atoms with Gasteiger partial charge in [-0.2, -0.15) is 0 Å². The molecular formula is C21H19N3O3. The first-order chi connectivity index (χ1) is 13.1. The van der Waals surface area contributed by atoms with Crippen molar-refractivity contribution >= 4 is 27.8 Å². The van der Waals surface area contributed by atoms with E-state index in [0.29, 0.717) is 23.1 Å². The van der Waals surface area contributed by atoms with Gasteiger partial charge in [-0.15, -0.1) is 0 Å². The first-order valence-electron chi connectivity index (χ1n) is 8.85. The fourth-order valence-corrected chi connectivity index (χ4v) is 3.18. The summed E-state index contributed by atoms with van der Waals surface area (Å²) in [7, 11) is 0. The first-order valence-corrected chi connectivity index (χ1v) is 8.85. The third-order valence-corrected chi connectivity index (χ3v) is 4.60. The Balaban J connectivity index is 1.44. The standard InChI is InChI=1S/C21H19N3O3/c1-13(20-23-18-9-5-3-7-16(18)21(26)24-20)27-19(25)11-10-14-12-22-17-8-4-2-6-15(14)17/h2-9,12-13,22H,10-11H2,1H3,(H,23,24,26)/t13-/m1/s1. The number of carbonyl (C=O) groups is 1. The van der Waals surface area contributed by atoms with Crippen molar-refractivity contribution in [2.75, 3.05) is 0 Å². The second-order valence-corrected chi connectivity index (χ2v) is 6.46. The quantitative estimate of drug-likeness (QED) is 0.531. The maximum atomic E-state index is 12.3. The number of fused-ring (bicyclic) bond motifs is 2. The fraction of sp³-hybridized carbons (Fsp3) is 0.190. The maximum Gasteiger partial charge on any atom is 0.306 e. The van der Waals surface area contributed by atoms with Crippen molar-refractivity contribution in [1.29, 1.82) is 0 Å². The van der Waals surface area contributed by atoms with Crippen LogP contribution in [0.5, 0.6) is 0 Å². The van der Waals surface area contributed by atoms with Gasteiger partial charge in [-0.05, 0) is 37.1 Å². The van der Waals surface area contributed by atoms with Gasteiger partial charge in [-0.3, -0.25) is 9.59 Å². The van der Waals surface area contributed by atoms with Crippen molar-refractivity contribution in [3.63, 3.8) is 0 Å². The molecule has 2 aromatic heterocycles. The number of nitrogens with zero attached hydrogens (tertiary/aromatic N) is 1. The highest BCUT2D eigenvalue weighted by Gasteiger charge is 2.16. The third-order valence-electron chi connectivity index (χ3n) is 4.60. The SMILES string of the molecule is C[C@@H](OC(=O)CCc1c[nH]c2ccccc12)c1nc2ccccc2c(=O)[nH]1. The number of esters is 1. The fourth-order valence-electron chi connectivity index (χ4n) is 3.18. The smallest absolute Gasteiger partial charge is 0.306 e. The molecule has 2 aromatic carbocycles. The lowest BCUT2D eigenvalue weighted by atomic mass is 10.1. The molecule has 6 nitrogen and oxygen atoms in total. The molecule has 0 saturated heterocycles. The van der Waals surface area contributed by atoms with E-state index >= 15 is 0 Å². The van der Waals surface area contributed by atoms with Gasteiger partial charge in [0.15, 0.2) is 11.9 Å². The number of nitrogens with one attached hydrogen (secondary N) is 2. The van der Waals surface area contributed by atoms with Crippen LogP contribution in [0.2, 0.25) is 0 Å². The van der Waals surface area contributed by atoms with E-state index in [1.54, 1.807) is 25.1 Å². The van der Waals surface area contributed by atoms with Gasteiger partial charge in [0.2, 0.25) is 0 Å². The molecule has 2 heterocycles. The zero-order valence-corrected chi connectivity index (χ0v) is 14.9. The molecule has 0 aliphatic heterocycles. The van der Waals surface area contributed by atoms with Gasteiger partial charge in [0.1, 0.15) is 0 Å². The second kappa shape index (κ2) is 7.07. The average Bonchev–Trinajstić information content (AvgIpc) is 3.09. The Hall–Kier alpha value is -3.41. The number of hydrogen-bond acceptors (Lipinski definition) is 4. The summed E-state index contributed by atoms with van der Waals surface area (Å²) in [6.07, 6.45) is 2.13. The third kappa shape index (κ3) is 3.46. The van der Waals surface area contributed by atoms with Crippen LogP contribution in [-0.2, 0) is 16.0 Å². The lowest BCUT2D eigenvalue weighted by Gasteiger charge is -2.13. The van der Waals surface area contributed by atoms with Crippen molar-refractivity contribution in [3.8, 4) is 0 Å². The Bertz CT molecular complexity index is 1180. The second-order valence-electron chi connectivity index (χ2n) is 6.46. The molecule has 6 heteroatoms. The zero-order chi connectivity index (χ0) is 18.8. The van der Waals surface area contributed by atoms with Crippen molar-refractivity contribution < 1.29 is 9.53 Å². The number of ether oxygens (including phenoxy) is 1. The van der Waals surface area contributed by atoms with Crippen LogP contribution in [-0.4, -0.2) is 20.9 Å². The number of H-pyrrole nitrogens is 2. The summed E-state index contributed by atoms with van der Waals surface area (Å²) in [6.45, 7) is 1.70. The van der Waals surface area contributed by atoms with Gasteiger partial charge >= 0.3 is 5.97 Å². The minimum atomic E-state index is -0.627. The van der Waals surface area contributed by atoms with E-state index in [0.717, 1.165) is 16.5 Å². The summed E-state index contributed by atoms with van der Waals surface area (Å²) >= 11 is 0. The van der Waals surface area contributed by atoms with Gasteiger partial charge in [0.25, 0.3) is 5.56 Å². The number of aromatic amines is 2. The Labute approximate surface area is 155 Å². The summed E-state index contributed by atoms with van der Waals surface area (Å²) in [5.74, 6) is 0.0164. The molecule has 0 unspecified atom stereocenters. The molecule has 0 saturated carbocycles. The molecule has 0 fully saturated rings. The van der Waals surface area contributed by atoms with Crippen molar-refractivity contribution in [2.24, 2.45) is 0 Å². The predicted molar refractivity (Wildman–Crippen MR) is 103 cm³/mol.